The second-order valence-corrected chi connectivity index (χ2v) is 5.85. The van der Waals surface area contributed by atoms with Gasteiger partial charge in [0, 0.05) is 17.2 Å². The smallest absolute Gasteiger partial charge is 0.340 e. The average molecular weight is 363 g/mol. The number of carbonyl (C=O) groups excluding carboxylic acids is 1. The maximum absolute atomic E-state index is 11.7. The molecule has 2 heterocycles. The number of halogens is 1. The zero-order valence-electron chi connectivity index (χ0n) is 12.0. The van der Waals surface area contributed by atoms with Crippen molar-refractivity contribution in [1.82, 2.24) is 4.98 Å². The first-order chi connectivity index (χ1) is 10.7. The number of pyridine rings is 1. The van der Waals surface area contributed by atoms with Crippen LogP contribution in [-0.2, 0) is 16.1 Å². The SMILES string of the molecule is COC(=O)c1ccncc1NC[C@@H]1OCc2cc(Br)ccc21. The van der Waals surface area contributed by atoms with E-state index in [1.807, 2.05) is 6.07 Å². The number of methoxy groups -OCH3 is 1. The summed E-state index contributed by atoms with van der Waals surface area (Å²) in [6.45, 7) is 1.16. The predicted molar refractivity (Wildman–Crippen MR) is 85.7 cm³/mol. The maximum atomic E-state index is 11.7. The van der Waals surface area contributed by atoms with Gasteiger partial charge in [0.15, 0.2) is 0 Å². The number of ether oxygens (including phenoxy) is 2. The van der Waals surface area contributed by atoms with Crippen molar-refractivity contribution in [2.45, 2.75) is 12.7 Å². The number of carbonyl (C=O) groups is 1. The summed E-state index contributed by atoms with van der Waals surface area (Å²) in [5.74, 6) is -0.387. The molecular weight excluding hydrogens is 348 g/mol. The molecular formula is C16H15BrN2O3. The van der Waals surface area contributed by atoms with Crippen molar-refractivity contribution in [3.63, 3.8) is 0 Å². The zero-order valence-corrected chi connectivity index (χ0v) is 13.6. The van der Waals surface area contributed by atoms with Crippen LogP contribution in [0.15, 0.2) is 41.1 Å². The minimum absolute atomic E-state index is 0.0474. The van der Waals surface area contributed by atoms with E-state index in [9.17, 15) is 4.79 Å². The van der Waals surface area contributed by atoms with Gasteiger partial charge in [-0.2, -0.15) is 0 Å². The molecule has 3 rings (SSSR count). The van der Waals surface area contributed by atoms with Gasteiger partial charge in [0.25, 0.3) is 0 Å². The van der Waals surface area contributed by atoms with E-state index in [0.717, 1.165) is 4.47 Å². The van der Waals surface area contributed by atoms with Gasteiger partial charge in [0.1, 0.15) is 6.10 Å². The Morgan fingerprint density at radius 2 is 2.36 bits per heavy atom. The standard InChI is InChI=1S/C16H15BrN2O3/c1-21-16(20)13-4-5-18-7-14(13)19-8-15-12-3-2-11(17)6-10(12)9-22-15/h2-7,15,19H,8-9H2,1H3/t15-/m0/s1. The quantitative estimate of drug-likeness (QED) is 0.845. The van der Waals surface area contributed by atoms with Gasteiger partial charge in [-0.3, -0.25) is 4.98 Å². The normalized spacial score (nSPS) is 16.2. The Morgan fingerprint density at radius 1 is 1.50 bits per heavy atom. The lowest BCUT2D eigenvalue weighted by Crippen LogP contribution is -2.15. The van der Waals surface area contributed by atoms with Gasteiger partial charge in [-0.25, -0.2) is 4.79 Å². The third-order valence-corrected chi connectivity index (χ3v) is 4.09. The number of hydrogen-bond donors (Lipinski definition) is 1. The van der Waals surface area contributed by atoms with E-state index in [1.165, 1.54) is 18.2 Å². The first kappa shape index (κ1) is 15.0. The highest BCUT2D eigenvalue weighted by Gasteiger charge is 2.23. The number of esters is 1. The number of benzene rings is 1. The Morgan fingerprint density at radius 3 is 3.18 bits per heavy atom. The van der Waals surface area contributed by atoms with Gasteiger partial charge < -0.3 is 14.8 Å². The van der Waals surface area contributed by atoms with Gasteiger partial charge in [0.05, 0.1) is 31.2 Å². The number of hydrogen-bond acceptors (Lipinski definition) is 5. The summed E-state index contributed by atoms with van der Waals surface area (Å²) in [6.07, 6.45) is 3.13. The van der Waals surface area contributed by atoms with E-state index in [4.69, 9.17) is 9.47 Å². The lowest BCUT2D eigenvalue weighted by atomic mass is 10.1. The highest BCUT2D eigenvalue weighted by molar-refractivity contribution is 9.10. The molecule has 1 aromatic heterocycles. The van der Waals surface area contributed by atoms with Gasteiger partial charge in [-0.05, 0) is 29.3 Å². The van der Waals surface area contributed by atoms with Crippen LogP contribution in [0, 0.1) is 0 Å². The molecule has 1 atom stereocenters. The number of rotatable bonds is 4. The predicted octanol–water partition coefficient (Wildman–Crippen LogP) is 3.31. The lowest BCUT2D eigenvalue weighted by Gasteiger charge is -2.15. The summed E-state index contributed by atoms with van der Waals surface area (Å²) >= 11 is 3.46. The zero-order chi connectivity index (χ0) is 15.5. The fraction of sp³-hybridized carbons (Fsp3) is 0.250. The van der Waals surface area contributed by atoms with Crippen molar-refractivity contribution in [1.29, 1.82) is 0 Å². The van der Waals surface area contributed by atoms with E-state index in [-0.39, 0.29) is 12.1 Å². The van der Waals surface area contributed by atoms with Gasteiger partial charge in [-0.1, -0.05) is 22.0 Å². The van der Waals surface area contributed by atoms with Crippen molar-refractivity contribution in [2.24, 2.45) is 0 Å². The second-order valence-electron chi connectivity index (χ2n) is 4.94. The van der Waals surface area contributed by atoms with Crippen LogP contribution in [0.3, 0.4) is 0 Å². The van der Waals surface area contributed by atoms with E-state index in [1.54, 1.807) is 18.5 Å². The highest BCUT2D eigenvalue weighted by Crippen LogP contribution is 2.32. The second kappa shape index (κ2) is 6.46. The van der Waals surface area contributed by atoms with Crippen LogP contribution in [0.2, 0.25) is 0 Å². The molecule has 114 valence electrons. The van der Waals surface area contributed by atoms with E-state index >= 15 is 0 Å². The first-order valence-electron chi connectivity index (χ1n) is 6.85. The summed E-state index contributed by atoms with van der Waals surface area (Å²) in [6, 6.07) is 7.77. The molecule has 0 spiro atoms. The highest BCUT2D eigenvalue weighted by atomic mass is 79.9. The Hall–Kier alpha value is -1.92. The van der Waals surface area contributed by atoms with Crippen LogP contribution in [-0.4, -0.2) is 24.6 Å². The summed E-state index contributed by atoms with van der Waals surface area (Å²) in [5, 5.41) is 3.23. The monoisotopic (exact) mass is 362 g/mol. The molecule has 1 aliphatic rings. The third kappa shape index (κ3) is 2.98. The van der Waals surface area contributed by atoms with Crippen LogP contribution >= 0.6 is 15.9 Å². The Labute approximate surface area is 136 Å². The molecule has 1 aromatic carbocycles. The molecule has 1 aliphatic heterocycles. The average Bonchev–Trinajstić information content (AvgIpc) is 2.94. The lowest BCUT2D eigenvalue weighted by molar-refractivity contribution is 0.0600. The van der Waals surface area contributed by atoms with E-state index in [2.05, 4.69) is 38.4 Å². The summed E-state index contributed by atoms with van der Waals surface area (Å²) < 4.78 is 11.6. The number of anilines is 1. The van der Waals surface area contributed by atoms with Crippen molar-refractivity contribution in [3.8, 4) is 0 Å². The van der Waals surface area contributed by atoms with Crippen LogP contribution in [0.5, 0.6) is 0 Å². The third-order valence-electron chi connectivity index (χ3n) is 3.60. The number of nitrogens with zero attached hydrogens (tertiary/aromatic N) is 1. The molecule has 0 saturated carbocycles. The fourth-order valence-electron chi connectivity index (χ4n) is 2.49. The van der Waals surface area contributed by atoms with E-state index in [0.29, 0.717) is 24.4 Å². The number of aromatic nitrogens is 1. The largest absolute Gasteiger partial charge is 0.465 e. The van der Waals surface area contributed by atoms with Crippen LogP contribution in [0.1, 0.15) is 27.6 Å². The number of fused-ring (bicyclic) bond motifs is 1. The molecule has 0 amide bonds. The molecule has 1 N–H and O–H groups in total. The Kier molecular flexibility index (Phi) is 4.40. The van der Waals surface area contributed by atoms with Crippen LogP contribution < -0.4 is 5.32 Å². The minimum Gasteiger partial charge on any atom is -0.465 e. The molecule has 0 bridgehead atoms. The summed E-state index contributed by atoms with van der Waals surface area (Å²) in [7, 11) is 1.36. The van der Waals surface area contributed by atoms with Crippen LogP contribution in [0.4, 0.5) is 5.69 Å². The topological polar surface area (TPSA) is 60.5 Å². The van der Waals surface area contributed by atoms with Crippen molar-refractivity contribution in [3.05, 3.63) is 57.8 Å². The van der Waals surface area contributed by atoms with Crippen LogP contribution in [0.25, 0.3) is 0 Å². The molecule has 5 nitrogen and oxygen atoms in total. The first-order valence-corrected chi connectivity index (χ1v) is 7.64. The van der Waals surface area contributed by atoms with Crippen molar-refractivity contribution >= 4 is 27.6 Å². The summed E-state index contributed by atoms with van der Waals surface area (Å²) in [4.78, 5) is 15.8. The molecule has 0 unspecified atom stereocenters. The minimum atomic E-state index is -0.387. The number of nitrogens with one attached hydrogen (secondary N) is 1. The Balaban J connectivity index is 1.74. The molecule has 6 heteroatoms. The molecule has 0 fully saturated rings. The molecule has 2 aromatic rings. The Bertz CT molecular complexity index is 706. The molecule has 0 aliphatic carbocycles. The fourth-order valence-corrected chi connectivity index (χ4v) is 2.90. The summed E-state index contributed by atoms with van der Waals surface area (Å²) in [5.41, 5.74) is 3.45. The molecule has 0 saturated heterocycles. The molecule has 0 radical (unpaired) electrons. The van der Waals surface area contributed by atoms with Crippen molar-refractivity contribution in [2.75, 3.05) is 19.0 Å². The van der Waals surface area contributed by atoms with Crippen molar-refractivity contribution < 1.29 is 14.3 Å². The molecule has 22 heavy (non-hydrogen) atoms. The van der Waals surface area contributed by atoms with Gasteiger partial charge >= 0.3 is 5.97 Å². The van der Waals surface area contributed by atoms with Gasteiger partial charge in [0.2, 0.25) is 0 Å². The maximum Gasteiger partial charge on any atom is 0.340 e. The van der Waals surface area contributed by atoms with E-state index < -0.39 is 0 Å². The van der Waals surface area contributed by atoms with Gasteiger partial charge in [-0.15, -0.1) is 0 Å².